The Hall–Kier alpha value is -1.09. The molecule has 1 unspecified atom stereocenters. The number of nitrogens with two attached hydrogens (primary N) is 1. The molecule has 0 aromatic carbocycles. The van der Waals surface area contributed by atoms with E-state index < -0.39 is 24.5 Å². The molecule has 108 valence electrons. The van der Waals surface area contributed by atoms with Gasteiger partial charge in [-0.2, -0.15) is 0 Å². The molecular weight excluding hydrogens is 329 g/mol. The maximum atomic E-state index is 10.2. The van der Waals surface area contributed by atoms with Gasteiger partial charge in [-0.05, 0) is 0 Å². The van der Waals surface area contributed by atoms with Crippen molar-refractivity contribution >= 4 is 39.7 Å². The molecule has 3 rings (SSSR count). The maximum absolute atomic E-state index is 10.2. The van der Waals surface area contributed by atoms with E-state index in [9.17, 15) is 10.2 Å². The molecule has 3 heterocycles. The summed E-state index contributed by atoms with van der Waals surface area (Å²) in [7, 11) is 1.80. The van der Waals surface area contributed by atoms with Gasteiger partial charge in [-0.15, -0.1) is 0 Å². The first-order valence-electron chi connectivity index (χ1n) is 6.13. The van der Waals surface area contributed by atoms with Gasteiger partial charge in [-0.3, -0.25) is 0 Å². The number of nitrogen functional groups attached to an aromatic ring is 1. The normalized spacial score (nSPS) is 39.2. The van der Waals surface area contributed by atoms with Crippen molar-refractivity contribution in [3.05, 3.63) is 6.33 Å². The molecule has 8 nitrogen and oxygen atoms in total. The average molecular weight is 345 g/mol. The van der Waals surface area contributed by atoms with Crippen LogP contribution in [-0.4, -0.2) is 74.1 Å². The Morgan fingerprint density at radius 2 is 2.15 bits per heavy atom. The van der Waals surface area contributed by atoms with Crippen LogP contribution in [0.5, 0.6) is 0 Å². The molecule has 5 atom stereocenters. The Labute approximate surface area is 123 Å². The Balaban J connectivity index is 2.01. The van der Waals surface area contributed by atoms with Crippen LogP contribution in [0.3, 0.4) is 0 Å². The first-order valence-corrected chi connectivity index (χ1v) is 7.46. The van der Waals surface area contributed by atoms with Crippen molar-refractivity contribution in [3.8, 4) is 0 Å². The number of aliphatic hydroxyl groups excluding tert-OH is 2. The number of hydrogen-bond acceptors (Lipinski definition) is 7. The fourth-order valence-electron chi connectivity index (χ4n) is 2.60. The molecule has 1 saturated heterocycles. The van der Waals surface area contributed by atoms with Crippen LogP contribution in [0.15, 0.2) is 11.3 Å². The van der Waals surface area contributed by atoms with Crippen molar-refractivity contribution in [1.29, 1.82) is 0 Å². The third kappa shape index (κ3) is 1.79. The Morgan fingerprint density at radius 3 is 2.80 bits per heavy atom. The number of ether oxygens (including phenoxy) is 1. The molecule has 4 N–H and O–H groups in total. The summed E-state index contributed by atoms with van der Waals surface area (Å²) in [5.41, 5.74) is 6.26. The summed E-state index contributed by atoms with van der Waals surface area (Å²) in [4.78, 5) is 12.3. The molecule has 2 aliphatic rings. The summed E-state index contributed by atoms with van der Waals surface area (Å²) in [5.74, 6) is 0.838. The Bertz CT molecular complexity index is 571. The number of hydrogen-bond donors (Lipinski definition) is 3. The fourth-order valence-corrected chi connectivity index (χ4v) is 3.23. The first-order chi connectivity index (χ1) is 9.49. The van der Waals surface area contributed by atoms with Gasteiger partial charge >= 0.3 is 123 Å². The van der Waals surface area contributed by atoms with Crippen molar-refractivity contribution in [2.75, 3.05) is 12.8 Å². The molecule has 2 aliphatic heterocycles. The van der Waals surface area contributed by atoms with E-state index in [0.29, 0.717) is 16.8 Å². The third-order valence-electron chi connectivity index (χ3n) is 3.76. The summed E-state index contributed by atoms with van der Waals surface area (Å²) in [6.07, 6.45) is -0.119. The van der Waals surface area contributed by atoms with E-state index >= 15 is 0 Å². The molecule has 0 radical (unpaired) electrons. The number of likely N-dealkylation sites (N-methyl/N-ethyl adjacent to an activating group) is 1. The van der Waals surface area contributed by atoms with Crippen LogP contribution in [0.25, 0.3) is 0 Å². The summed E-state index contributed by atoms with van der Waals surface area (Å²) in [6, 6.07) is 0. The number of fused-ring (bicyclic) bond motifs is 1. The second kappa shape index (κ2) is 4.73. The standard InChI is InChI=1S/C11H15N5O3Se/c1-16(11-8(18)7(17)5(2-20)19-11)4-15-6-9(12)13-3-14-10(6)16/h3-5,7-8,11,17-18H,2H2,1H3,(H2-,12,13,14,20)/p+1/t5-,7-,8-,11-,16?/m1/s1. The predicted molar refractivity (Wildman–Crippen MR) is 74.9 cm³/mol. The number of aliphatic imine (C=N–C) groups is 1. The van der Waals surface area contributed by atoms with Gasteiger partial charge in [0.2, 0.25) is 0 Å². The third-order valence-corrected chi connectivity index (χ3v) is 4.52. The fraction of sp³-hybridized carbons (Fsp3) is 0.545. The number of rotatable bonds is 2. The van der Waals surface area contributed by atoms with Crippen molar-refractivity contribution in [1.82, 2.24) is 14.5 Å². The van der Waals surface area contributed by atoms with E-state index in [2.05, 4.69) is 31.0 Å². The Morgan fingerprint density at radius 1 is 1.40 bits per heavy atom. The molecule has 1 fully saturated rings. The second-order valence-electron chi connectivity index (χ2n) is 5.05. The van der Waals surface area contributed by atoms with Gasteiger partial charge in [0.05, 0.1) is 0 Å². The molecule has 0 spiro atoms. The zero-order chi connectivity index (χ0) is 14.5. The van der Waals surface area contributed by atoms with E-state index in [1.165, 1.54) is 6.33 Å². The second-order valence-corrected chi connectivity index (χ2v) is 5.82. The molecule has 9 heteroatoms. The topological polar surface area (TPSA) is 114 Å². The number of aliphatic hydroxyl groups is 2. The van der Waals surface area contributed by atoms with Gasteiger partial charge in [0.15, 0.2) is 0 Å². The van der Waals surface area contributed by atoms with E-state index in [0.717, 1.165) is 0 Å². The van der Waals surface area contributed by atoms with E-state index in [-0.39, 0.29) is 10.3 Å². The van der Waals surface area contributed by atoms with Gasteiger partial charge in [-0.1, -0.05) is 0 Å². The number of aromatic nitrogens is 2. The van der Waals surface area contributed by atoms with Crippen LogP contribution in [0.4, 0.5) is 17.3 Å². The van der Waals surface area contributed by atoms with Gasteiger partial charge in [0, 0.05) is 0 Å². The number of anilines is 1. The minimum atomic E-state index is -1.03. The van der Waals surface area contributed by atoms with Crippen molar-refractivity contribution in [2.45, 2.75) is 29.9 Å². The van der Waals surface area contributed by atoms with E-state index in [1.54, 1.807) is 13.4 Å². The Kier molecular flexibility index (Phi) is 3.28. The molecule has 1 aromatic heterocycles. The van der Waals surface area contributed by atoms with Gasteiger partial charge in [0.1, 0.15) is 0 Å². The molecule has 0 bridgehead atoms. The molecule has 0 amide bonds. The average Bonchev–Trinajstić information content (AvgIpc) is 2.92. The zero-order valence-electron chi connectivity index (χ0n) is 10.8. The minimum absolute atomic E-state index is 0.0315. The first kappa shape index (κ1) is 13.9. The number of nitrogens with zero attached hydrogens (tertiary/aromatic N) is 4. The molecule has 20 heavy (non-hydrogen) atoms. The van der Waals surface area contributed by atoms with Gasteiger partial charge in [0.25, 0.3) is 0 Å². The van der Waals surface area contributed by atoms with Crippen LogP contribution in [0.2, 0.25) is 5.32 Å². The monoisotopic (exact) mass is 346 g/mol. The number of quaternary nitrogens is 1. The van der Waals surface area contributed by atoms with Crippen molar-refractivity contribution < 1.29 is 14.9 Å². The molecule has 1 aromatic rings. The van der Waals surface area contributed by atoms with E-state index in [4.69, 9.17) is 10.5 Å². The molecular formula is C11H16N5O3Se+. The summed E-state index contributed by atoms with van der Waals surface area (Å²) in [6.45, 7) is 0. The molecule has 0 aliphatic carbocycles. The van der Waals surface area contributed by atoms with Crippen LogP contribution in [0, 0.1) is 0 Å². The summed E-state index contributed by atoms with van der Waals surface area (Å²) in [5, 5.41) is 20.8. The van der Waals surface area contributed by atoms with Crippen LogP contribution in [0.1, 0.15) is 0 Å². The van der Waals surface area contributed by atoms with Crippen LogP contribution in [-0.2, 0) is 4.74 Å². The summed E-state index contributed by atoms with van der Waals surface area (Å²) >= 11 is 2.35. The van der Waals surface area contributed by atoms with E-state index in [1.807, 2.05) is 0 Å². The van der Waals surface area contributed by atoms with Gasteiger partial charge in [-0.25, -0.2) is 0 Å². The van der Waals surface area contributed by atoms with Crippen molar-refractivity contribution in [3.63, 3.8) is 0 Å². The van der Waals surface area contributed by atoms with Crippen molar-refractivity contribution in [2.24, 2.45) is 4.99 Å². The summed E-state index contributed by atoms with van der Waals surface area (Å²) < 4.78 is 5.81. The van der Waals surface area contributed by atoms with Crippen LogP contribution < -0.4 is 10.2 Å². The van der Waals surface area contributed by atoms with Crippen LogP contribution >= 0.6 is 0 Å². The molecule has 0 saturated carbocycles. The SMILES string of the molecule is C[N+]1([C@@H]2O[C@H](C[SeH])[C@@H](O)[C@H]2O)C=Nc2c(N)ncnc21. The van der Waals surface area contributed by atoms with Gasteiger partial charge < -0.3 is 0 Å². The quantitative estimate of drug-likeness (QED) is 0.441. The zero-order valence-corrected chi connectivity index (χ0v) is 12.7. The predicted octanol–water partition coefficient (Wildman–Crippen LogP) is -1.56.